The number of rotatable bonds is 4. The van der Waals surface area contributed by atoms with Crippen molar-refractivity contribution in [3.05, 3.63) is 33.5 Å². The number of hydrogen-bond acceptors (Lipinski definition) is 6. The minimum Gasteiger partial charge on any atom is -0.481 e. The molecule has 2 aromatic rings. The minimum absolute atomic E-state index is 0.136. The molecule has 2 aromatic heterocycles. The van der Waals surface area contributed by atoms with Gasteiger partial charge in [-0.2, -0.15) is 5.26 Å². The summed E-state index contributed by atoms with van der Waals surface area (Å²) >= 11 is 2.24. The SMILES string of the molecule is N#Cc1c(NS(=O)(=O)c2cccs2)sc2c1C(C(=O)O)CCC2. The molecule has 1 atom stereocenters. The quantitative estimate of drug-likeness (QED) is 0.862. The second kappa shape index (κ2) is 5.96. The van der Waals surface area contributed by atoms with Crippen molar-refractivity contribution in [1.29, 1.82) is 5.26 Å². The lowest BCUT2D eigenvalue weighted by Crippen LogP contribution is -2.17. The molecule has 0 spiro atoms. The van der Waals surface area contributed by atoms with E-state index in [9.17, 15) is 23.6 Å². The van der Waals surface area contributed by atoms with E-state index in [0.717, 1.165) is 27.6 Å². The number of fused-ring (bicyclic) bond motifs is 1. The average molecular weight is 368 g/mol. The molecule has 2 heterocycles. The maximum Gasteiger partial charge on any atom is 0.311 e. The number of anilines is 1. The van der Waals surface area contributed by atoms with Gasteiger partial charge in [-0.25, -0.2) is 8.42 Å². The highest BCUT2D eigenvalue weighted by Crippen LogP contribution is 2.44. The van der Waals surface area contributed by atoms with Crippen molar-refractivity contribution in [2.75, 3.05) is 4.72 Å². The Labute approximate surface area is 141 Å². The summed E-state index contributed by atoms with van der Waals surface area (Å²) in [6, 6.07) is 5.09. The zero-order valence-electron chi connectivity index (χ0n) is 11.8. The molecule has 0 bridgehead atoms. The van der Waals surface area contributed by atoms with Gasteiger partial charge < -0.3 is 5.11 Å². The minimum atomic E-state index is -3.76. The van der Waals surface area contributed by atoms with Crippen molar-refractivity contribution in [2.45, 2.75) is 29.4 Å². The summed E-state index contributed by atoms with van der Waals surface area (Å²) in [5.74, 6) is -1.72. The van der Waals surface area contributed by atoms with Crippen molar-refractivity contribution >= 4 is 43.7 Å². The number of carboxylic acids is 1. The van der Waals surface area contributed by atoms with Crippen LogP contribution in [0.4, 0.5) is 5.00 Å². The number of nitriles is 1. The third kappa shape index (κ3) is 2.85. The van der Waals surface area contributed by atoms with Gasteiger partial charge in [-0.1, -0.05) is 6.07 Å². The van der Waals surface area contributed by atoms with Crippen LogP contribution in [0, 0.1) is 11.3 Å². The maximum atomic E-state index is 12.3. The van der Waals surface area contributed by atoms with Gasteiger partial charge in [0.25, 0.3) is 10.0 Å². The van der Waals surface area contributed by atoms with Crippen LogP contribution in [0.1, 0.15) is 34.8 Å². The zero-order chi connectivity index (χ0) is 16.6. The molecular formula is C14H12N2O4S3. The van der Waals surface area contributed by atoms with Gasteiger partial charge >= 0.3 is 5.97 Å². The lowest BCUT2D eigenvalue weighted by molar-refractivity contribution is -0.139. The van der Waals surface area contributed by atoms with Crippen molar-refractivity contribution in [1.82, 2.24) is 0 Å². The first kappa shape index (κ1) is 16.0. The number of carboxylic acid groups (broad SMARTS) is 1. The number of aliphatic carboxylic acids is 1. The molecule has 0 fully saturated rings. The highest BCUT2D eigenvalue weighted by Gasteiger charge is 2.33. The van der Waals surface area contributed by atoms with Crippen LogP contribution in [0.5, 0.6) is 0 Å². The zero-order valence-corrected chi connectivity index (χ0v) is 14.2. The molecule has 23 heavy (non-hydrogen) atoms. The van der Waals surface area contributed by atoms with E-state index in [2.05, 4.69) is 4.72 Å². The number of hydrogen-bond donors (Lipinski definition) is 2. The predicted molar refractivity (Wildman–Crippen MR) is 87.5 cm³/mol. The molecule has 0 saturated carbocycles. The van der Waals surface area contributed by atoms with Gasteiger partial charge in [-0.15, -0.1) is 22.7 Å². The number of nitrogens with one attached hydrogen (secondary N) is 1. The molecule has 1 unspecified atom stereocenters. The molecule has 1 aliphatic carbocycles. The van der Waals surface area contributed by atoms with Crippen LogP contribution < -0.4 is 4.72 Å². The lowest BCUT2D eigenvalue weighted by atomic mass is 9.85. The van der Waals surface area contributed by atoms with Crippen LogP contribution in [0.3, 0.4) is 0 Å². The fourth-order valence-corrected chi connectivity index (χ4v) is 6.23. The van der Waals surface area contributed by atoms with E-state index in [1.54, 1.807) is 11.4 Å². The van der Waals surface area contributed by atoms with E-state index in [1.807, 2.05) is 6.07 Å². The number of nitrogens with zero attached hydrogens (tertiary/aromatic N) is 1. The van der Waals surface area contributed by atoms with Crippen LogP contribution in [-0.4, -0.2) is 19.5 Å². The standard InChI is InChI=1S/C14H12N2O4S3/c15-7-9-12-8(14(17)18)3-1-4-10(12)22-13(9)16-23(19,20)11-5-2-6-21-11/h2,5-6,8,16H,1,3-4H2,(H,17,18). The molecule has 0 aliphatic heterocycles. The molecule has 0 saturated heterocycles. The third-order valence-corrected chi connectivity index (χ3v) is 7.72. The van der Waals surface area contributed by atoms with E-state index in [1.165, 1.54) is 6.07 Å². The molecule has 3 rings (SSSR count). The first-order chi connectivity index (χ1) is 10.9. The largest absolute Gasteiger partial charge is 0.481 e. The van der Waals surface area contributed by atoms with Crippen LogP contribution in [0.2, 0.25) is 0 Å². The Bertz CT molecular complexity index is 891. The van der Waals surface area contributed by atoms with Crippen molar-refractivity contribution in [3.8, 4) is 6.07 Å². The average Bonchev–Trinajstić information content (AvgIpc) is 3.13. The highest BCUT2D eigenvalue weighted by atomic mass is 32.2. The Morgan fingerprint density at radius 2 is 2.26 bits per heavy atom. The Balaban J connectivity index is 2.06. The fraction of sp³-hybridized carbons (Fsp3) is 0.286. The summed E-state index contributed by atoms with van der Waals surface area (Å²) in [5.41, 5.74) is 0.609. The summed E-state index contributed by atoms with van der Waals surface area (Å²) in [7, 11) is -3.76. The van der Waals surface area contributed by atoms with Gasteiger partial charge in [-0.3, -0.25) is 9.52 Å². The summed E-state index contributed by atoms with van der Waals surface area (Å²) in [6.45, 7) is 0. The number of aryl methyl sites for hydroxylation is 1. The Morgan fingerprint density at radius 3 is 2.87 bits per heavy atom. The predicted octanol–water partition coefficient (Wildman–Crippen LogP) is 2.99. The molecule has 1 aliphatic rings. The van der Waals surface area contributed by atoms with Gasteiger partial charge in [0.05, 0.1) is 11.5 Å². The van der Waals surface area contributed by atoms with E-state index in [4.69, 9.17) is 0 Å². The second-order valence-electron chi connectivity index (χ2n) is 5.08. The molecule has 9 heteroatoms. The fourth-order valence-electron chi connectivity index (χ4n) is 2.67. The number of thiophene rings is 2. The maximum absolute atomic E-state index is 12.3. The molecular weight excluding hydrogens is 356 g/mol. The van der Waals surface area contributed by atoms with Gasteiger partial charge in [0.2, 0.25) is 0 Å². The van der Waals surface area contributed by atoms with Crippen LogP contribution >= 0.6 is 22.7 Å². The van der Waals surface area contributed by atoms with Gasteiger partial charge in [0.1, 0.15) is 15.3 Å². The van der Waals surface area contributed by atoms with E-state index < -0.39 is 21.9 Å². The van der Waals surface area contributed by atoms with E-state index in [0.29, 0.717) is 24.8 Å². The Hall–Kier alpha value is -1.89. The monoisotopic (exact) mass is 368 g/mol. The number of carbonyl (C=O) groups is 1. The van der Waals surface area contributed by atoms with Crippen molar-refractivity contribution in [2.24, 2.45) is 0 Å². The smallest absolute Gasteiger partial charge is 0.311 e. The summed E-state index contributed by atoms with van der Waals surface area (Å²) in [6.07, 6.45) is 1.84. The summed E-state index contributed by atoms with van der Waals surface area (Å²) < 4.78 is 27.3. The van der Waals surface area contributed by atoms with Crippen LogP contribution in [0.15, 0.2) is 21.7 Å². The van der Waals surface area contributed by atoms with Crippen molar-refractivity contribution in [3.63, 3.8) is 0 Å². The molecule has 6 nitrogen and oxygen atoms in total. The highest BCUT2D eigenvalue weighted by molar-refractivity contribution is 7.94. The molecule has 120 valence electrons. The van der Waals surface area contributed by atoms with Gasteiger partial charge in [-0.05, 0) is 30.7 Å². The summed E-state index contributed by atoms with van der Waals surface area (Å²) in [5, 5.41) is 20.6. The molecule has 0 amide bonds. The van der Waals surface area contributed by atoms with E-state index in [-0.39, 0.29) is 14.8 Å². The first-order valence-electron chi connectivity index (χ1n) is 6.79. The normalized spacial score (nSPS) is 17.3. The summed E-state index contributed by atoms with van der Waals surface area (Å²) in [4.78, 5) is 12.2. The molecule has 0 radical (unpaired) electrons. The topological polar surface area (TPSA) is 107 Å². The Kier molecular flexibility index (Phi) is 4.14. The van der Waals surface area contributed by atoms with Crippen LogP contribution in [0.25, 0.3) is 0 Å². The lowest BCUT2D eigenvalue weighted by Gasteiger charge is -2.18. The van der Waals surface area contributed by atoms with Gasteiger partial charge in [0.15, 0.2) is 0 Å². The second-order valence-corrected chi connectivity index (χ2v) is 9.04. The van der Waals surface area contributed by atoms with Gasteiger partial charge in [0, 0.05) is 10.4 Å². The first-order valence-corrected chi connectivity index (χ1v) is 9.96. The Morgan fingerprint density at radius 1 is 1.48 bits per heavy atom. The molecule has 2 N–H and O–H groups in total. The molecule has 0 aromatic carbocycles. The third-order valence-electron chi connectivity index (χ3n) is 3.66. The number of sulfonamides is 1. The van der Waals surface area contributed by atoms with E-state index >= 15 is 0 Å². The van der Waals surface area contributed by atoms with Crippen LogP contribution in [-0.2, 0) is 21.2 Å². The van der Waals surface area contributed by atoms with Crippen molar-refractivity contribution < 1.29 is 18.3 Å².